The van der Waals surface area contributed by atoms with Crippen LogP contribution in [0, 0.1) is 23.2 Å². The van der Waals surface area contributed by atoms with Crippen LogP contribution in [-0.2, 0) is 0 Å². The number of hydrogen-bond acceptors (Lipinski definition) is 0. The summed E-state index contributed by atoms with van der Waals surface area (Å²) in [7, 11) is 0. The molecule has 0 nitrogen and oxygen atoms in total. The molecule has 0 saturated carbocycles. The van der Waals surface area contributed by atoms with Gasteiger partial charge in [-0.25, -0.2) is 0 Å². The van der Waals surface area contributed by atoms with Crippen molar-refractivity contribution < 1.29 is 0 Å². The molecule has 13 heavy (non-hydrogen) atoms. The topological polar surface area (TPSA) is 0 Å². The lowest BCUT2D eigenvalue weighted by molar-refractivity contribution is 0.305. The van der Waals surface area contributed by atoms with Gasteiger partial charge in [0.25, 0.3) is 0 Å². The van der Waals surface area contributed by atoms with Crippen LogP contribution in [0.5, 0.6) is 0 Å². The van der Waals surface area contributed by atoms with Gasteiger partial charge in [0.1, 0.15) is 0 Å². The van der Waals surface area contributed by atoms with Crippen molar-refractivity contribution in [3.05, 3.63) is 5.92 Å². The van der Waals surface area contributed by atoms with Crippen LogP contribution in [0.15, 0.2) is 0 Å². The zero-order valence-electron chi connectivity index (χ0n) is 10.6. The maximum absolute atomic E-state index is 2.36. The summed E-state index contributed by atoms with van der Waals surface area (Å²) < 4.78 is 0. The van der Waals surface area contributed by atoms with Crippen molar-refractivity contribution in [2.45, 2.75) is 61.3 Å². The highest BCUT2D eigenvalue weighted by molar-refractivity contribution is 5.04. The van der Waals surface area contributed by atoms with Crippen LogP contribution in [0.1, 0.15) is 61.3 Å². The van der Waals surface area contributed by atoms with Crippen LogP contribution in [0.4, 0.5) is 0 Å². The Morgan fingerprint density at radius 3 is 1.77 bits per heavy atom. The van der Waals surface area contributed by atoms with Crippen molar-refractivity contribution in [2.75, 3.05) is 0 Å². The van der Waals surface area contributed by atoms with Gasteiger partial charge in [0.15, 0.2) is 0 Å². The van der Waals surface area contributed by atoms with E-state index < -0.39 is 0 Å². The standard InChI is InChI=1S/C13H27/c1-8-11(4)12(9-10(2)3)13(5,6)7/h10-11H,8-9H2,1-7H3. The Labute approximate surface area is 85.1 Å². The summed E-state index contributed by atoms with van der Waals surface area (Å²) in [4.78, 5) is 0. The van der Waals surface area contributed by atoms with E-state index in [0.717, 1.165) is 11.8 Å². The van der Waals surface area contributed by atoms with Crippen LogP contribution in [0.2, 0.25) is 0 Å². The molecule has 79 valence electrons. The number of rotatable bonds is 4. The molecule has 0 aromatic carbocycles. The molecule has 0 spiro atoms. The maximum Gasteiger partial charge on any atom is -0.0157 e. The van der Waals surface area contributed by atoms with E-state index in [9.17, 15) is 0 Å². The SMILES string of the molecule is CCC(C)[C](CC(C)C)C(C)(C)C. The molecule has 1 atom stereocenters. The van der Waals surface area contributed by atoms with Gasteiger partial charge in [-0.05, 0) is 29.6 Å². The van der Waals surface area contributed by atoms with Gasteiger partial charge < -0.3 is 0 Å². The van der Waals surface area contributed by atoms with E-state index in [-0.39, 0.29) is 0 Å². The molecule has 0 aromatic heterocycles. The van der Waals surface area contributed by atoms with Gasteiger partial charge in [-0.3, -0.25) is 0 Å². The Kier molecular flexibility index (Phi) is 5.02. The van der Waals surface area contributed by atoms with E-state index in [2.05, 4.69) is 48.5 Å². The summed E-state index contributed by atoms with van der Waals surface area (Å²) in [6.45, 7) is 16.3. The van der Waals surface area contributed by atoms with Gasteiger partial charge in [0, 0.05) is 0 Å². The Hall–Kier alpha value is 0. The first-order chi connectivity index (χ1) is 5.79. The van der Waals surface area contributed by atoms with Crippen molar-refractivity contribution in [2.24, 2.45) is 17.3 Å². The molecule has 0 aliphatic carbocycles. The lowest BCUT2D eigenvalue weighted by Crippen LogP contribution is -2.25. The highest BCUT2D eigenvalue weighted by atomic mass is 14.3. The third-order valence-electron chi connectivity index (χ3n) is 2.80. The molecule has 0 aromatic rings. The molecular formula is C13H27. The van der Waals surface area contributed by atoms with Crippen molar-refractivity contribution in [1.82, 2.24) is 0 Å². The molecule has 0 heterocycles. The molecule has 0 bridgehead atoms. The Morgan fingerprint density at radius 2 is 1.54 bits per heavy atom. The number of hydrogen-bond donors (Lipinski definition) is 0. The van der Waals surface area contributed by atoms with E-state index in [1.54, 1.807) is 5.92 Å². The summed E-state index contributed by atoms with van der Waals surface area (Å²) >= 11 is 0. The second-order valence-electron chi connectivity index (χ2n) is 5.68. The molecule has 0 aliphatic heterocycles. The van der Waals surface area contributed by atoms with Crippen LogP contribution >= 0.6 is 0 Å². The monoisotopic (exact) mass is 183 g/mol. The first-order valence-electron chi connectivity index (χ1n) is 5.65. The van der Waals surface area contributed by atoms with E-state index in [1.807, 2.05) is 0 Å². The summed E-state index contributed by atoms with van der Waals surface area (Å²) in [5, 5.41) is 0. The molecule has 0 fully saturated rings. The maximum atomic E-state index is 2.36. The smallest absolute Gasteiger partial charge is 0.0157 e. The van der Waals surface area contributed by atoms with Gasteiger partial charge >= 0.3 is 0 Å². The average Bonchev–Trinajstić information content (AvgIpc) is 1.96. The van der Waals surface area contributed by atoms with Crippen molar-refractivity contribution >= 4 is 0 Å². The fraction of sp³-hybridized carbons (Fsp3) is 0.923. The summed E-state index contributed by atoms with van der Waals surface area (Å²) in [5.41, 5.74) is 0.389. The molecule has 0 amide bonds. The minimum atomic E-state index is 0.389. The fourth-order valence-corrected chi connectivity index (χ4v) is 1.93. The van der Waals surface area contributed by atoms with Crippen molar-refractivity contribution in [3.8, 4) is 0 Å². The molecular weight excluding hydrogens is 156 g/mol. The van der Waals surface area contributed by atoms with Crippen LogP contribution in [0.25, 0.3) is 0 Å². The molecule has 0 heteroatoms. The Morgan fingerprint density at radius 1 is 1.08 bits per heavy atom. The molecule has 1 unspecified atom stereocenters. The van der Waals surface area contributed by atoms with Gasteiger partial charge in [-0.2, -0.15) is 0 Å². The van der Waals surface area contributed by atoms with Crippen LogP contribution in [0.3, 0.4) is 0 Å². The third kappa shape index (κ3) is 4.69. The average molecular weight is 183 g/mol. The molecule has 0 N–H and O–H groups in total. The minimum Gasteiger partial charge on any atom is -0.0651 e. The van der Waals surface area contributed by atoms with Crippen molar-refractivity contribution in [3.63, 3.8) is 0 Å². The second-order valence-corrected chi connectivity index (χ2v) is 5.68. The fourth-order valence-electron chi connectivity index (χ4n) is 1.93. The molecule has 0 saturated heterocycles. The zero-order valence-corrected chi connectivity index (χ0v) is 10.6. The quantitative estimate of drug-likeness (QED) is 0.592. The van der Waals surface area contributed by atoms with E-state index in [0.29, 0.717) is 5.41 Å². The minimum absolute atomic E-state index is 0.389. The van der Waals surface area contributed by atoms with Gasteiger partial charge in [-0.1, -0.05) is 54.9 Å². The van der Waals surface area contributed by atoms with Crippen LogP contribution in [-0.4, -0.2) is 0 Å². The van der Waals surface area contributed by atoms with Gasteiger partial charge in [-0.15, -0.1) is 0 Å². The highest BCUT2D eigenvalue weighted by Gasteiger charge is 2.29. The summed E-state index contributed by atoms with van der Waals surface area (Å²) in [5.74, 6) is 3.32. The highest BCUT2D eigenvalue weighted by Crippen LogP contribution is 2.39. The van der Waals surface area contributed by atoms with E-state index in [1.165, 1.54) is 12.8 Å². The third-order valence-corrected chi connectivity index (χ3v) is 2.80. The Balaban J connectivity index is 4.37. The Bertz CT molecular complexity index is 127. The predicted octanol–water partition coefficient (Wildman–Crippen LogP) is 4.70. The van der Waals surface area contributed by atoms with Gasteiger partial charge in [0.05, 0.1) is 0 Å². The summed E-state index contributed by atoms with van der Waals surface area (Å²) in [6.07, 6.45) is 2.57. The predicted molar refractivity (Wildman–Crippen MR) is 61.6 cm³/mol. The van der Waals surface area contributed by atoms with E-state index in [4.69, 9.17) is 0 Å². The second kappa shape index (κ2) is 5.02. The largest absolute Gasteiger partial charge is 0.0651 e. The van der Waals surface area contributed by atoms with Crippen molar-refractivity contribution in [1.29, 1.82) is 0 Å². The lowest BCUT2D eigenvalue weighted by Gasteiger charge is -2.36. The first kappa shape index (κ1) is 13.0. The van der Waals surface area contributed by atoms with E-state index >= 15 is 0 Å². The molecule has 1 radical (unpaired) electrons. The van der Waals surface area contributed by atoms with Crippen LogP contribution < -0.4 is 0 Å². The molecule has 0 rings (SSSR count). The zero-order chi connectivity index (χ0) is 10.6. The normalized spacial score (nSPS) is 15.5. The lowest BCUT2D eigenvalue weighted by atomic mass is 9.69. The first-order valence-corrected chi connectivity index (χ1v) is 5.65. The summed E-state index contributed by atoms with van der Waals surface area (Å²) in [6, 6.07) is 0. The van der Waals surface area contributed by atoms with Gasteiger partial charge in [0.2, 0.25) is 0 Å². The molecule has 0 aliphatic rings.